The molecule has 0 rings (SSSR count). The molecular weight excluding hydrogens is 687 g/mol. The Hall–Kier alpha value is -1.73. The summed E-state index contributed by atoms with van der Waals surface area (Å²) < 4.78 is 32.6. The predicted octanol–water partition coefficient (Wildman–Crippen LogP) is 13.6. The summed E-state index contributed by atoms with van der Waals surface area (Å²) in [4.78, 5) is 34.7. The number of hydrogen-bond donors (Lipinski definition) is 1. The Morgan fingerprint density at radius 2 is 0.906 bits per heavy atom. The Morgan fingerprint density at radius 1 is 0.509 bits per heavy atom. The minimum absolute atomic E-state index is 0.00317. The van der Waals surface area contributed by atoms with Crippen molar-refractivity contribution in [2.24, 2.45) is 0 Å². The molecule has 0 spiro atoms. The van der Waals surface area contributed by atoms with Crippen LogP contribution in [0.1, 0.15) is 207 Å². The summed E-state index contributed by atoms with van der Waals surface area (Å²) in [5, 5.41) is 0. The average Bonchev–Trinajstić information content (AvgIpc) is 3.13. The van der Waals surface area contributed by atoms with Gasteiger partial charge in [0.05, 0.1) is 13.2 Å². The van der Waals surface area contributed by atoms with Gasteiger partial charge in [0.2, 0.25) is 0 Å². The maximum atomic E-state index is 12.5. The van der Waals surface area contributed by atoms with Crippen molar-refractivity contribution >= 4 is 19.8 Å². The summed E-state index contributed by atoms with van der Waals surface area (Å²) in [5.74, 6) is -0.815. The topological polar surface area (TPSA) is 108 Å². The van der Waals surface area contributed by atoms with Crippen molar-refractivity contribution in [2.45, 2.75) is 213 Å². The van der Waals surface area contributed by atoms with E-state index in [2.05, 4.69) is 50.3 Å². The van der Waals surface area contributed by atoms with Gasteiger partial charge in [-0.25, -0.2) is 4.57 Å². The lowest BCUT2D eigenvalue weighted by molar-refractivity contribution is -0.161. The van der Waals surface area contributed by atoms with Crippen molar-refractivity contribution in [1.29, 1.82) is 0 Å². The molecule has 2 atom stereocenters. The van der Waals surface area contributed by atoms with Gasteiger partial charge in [0.25, 0.3) is 0 Å². The van der Waals surface area contributed by atoms with E-state index in [1.807, 2.05) is 0 Å². The summed E-state index contributed by atoms with van der Waals surface area (Å²) in [5.41, 5.74) is 0. The van der Waals surface area contributed by atoms with Gasteiger partial charge in [-0.1, -0.05) is 153 Å². The molecule has 0 fully saturated rings. The van der Waals surface area contributed by atoms with E-state index in [0.29, 0.717) is 6.42 Å². The average molecular weight is 769 g/mol. The van der Waals surface area contributed by atoms with E-state index >= 15 is 0 Å². The van der Waals surface area contributed by atoms with Crippen LogP contribution in [0.5, 0.6) is 0 Å². The van der Waals surface area contributed by atoms with Crippen molar-refractivity contribution < 1.29 is 37.6 Å². The quantitative estimate of drug-likeness (QED) is 0.0284. The summed E-state index contributed by atoms with van der Waals surface area (Å²) >= 11 is 0. The molecule has 0 aromatic heterocycles. The number of unbranched alkanes of at least 4 members (excludes halogenated alkanes) is 22. The smallest absolute Gasteiger partial charge is 0.462 e. The maximum Gasteiger partial charge on any atom is 0.472 e. The molecule has 0 aliphatic carbocycles. The number of hydrogen-bond acceptors (Lipinski definition) is 7. The first-order valence-electron chi connectivity index (χ1n) is 21.8. The van der Waals surface area contributed by atoms with Crippen molar-refractivity contribution in [3.05, 3.63) is 36.5 Å². The molecular formula is C44H81O8P. The predicted molar refractivity (Wildman–Crippen MR) is 221 cm³/mol. The Bertz CT molecular complexity index is 963. The zero-order valence-corrected chi connectivity index (χ0v) is 35.3. The molecule has 0 amide bonds. The highest BCUT2D eigenvalue weighted by Crippen LogP contribution is 2.43. The zero-order chi connectivity index (χ0) is 38.9. The summed E-state index contributed by atoms with van der Waals surface area (Å²) in [7, 11) is -4.28. The van der Waals surface area contributed by atoms with Crippen LogP contribution in [-0.4, -0.2) is 42.8 Å². The number of carbonyl (C=O) groups is 2. The van der Waals surface area contributed by atoms with E-state index < -0.39 is 26.5 Å². The van der Waals surface area contributed by atoms with Crippen LogP contribution in [0.2, 0.25) is 0 Å². The molecule has 2 unspecified atom stereocenters. The van der Waals surface area contributed by atoms with Gasteiger partial charge in [0.1, 0.15) is 6.61 Å². The highest BCUT2D eigenvalue weighted by molar-refractivity contribution is 7.47. The minimum atomic E-state index is -4.28. The molecule has 0 radical (unpaired) electrons. The molecule has 53 heavy (non-hydrogen) atoms. The lowest BCUT2D eigenvalue weighted by Gasteiger charge is -2.19. The molecule has 0 aliphatic heterocycles. The second-order valence-corrected chi connectivity index (χ2v) is 15.8. The molecule has 0 aliphatic rings. The molecule has 0 heterocycles. The second-order valence-electron chi connectivity index (χ2n) is 14.4. The van der Waals surface area contributed by atoms with Crippen LogP contribution in [0.25, 0.3) is 0 Å². The van der Waals surface area contributed by atoms with Gasteiger partial charge in [-0.05, 0) is 77.6 Å². The van der Waals surface area contributed by atoms with Crippen LogP contribution in [0.4, 0.5) is 0 Å². The van der Waals surface area contributed by atoms with Crippen molar-refractivity contribution in [3.8, 4) is 0 Å². The molecule has 0 aromatic carbocycles. The normalized spacial score (nSPS) is 13.7. The highest BCUT2D eigenvalue weighted by atomic mass is 31.2. The van der Waals surface area contributed by atoms with Gasteiger partial charge in [0, 0.05) is 12.8 Å². The monoisotopic (exact) mass is 769 g/mol. The first kappa shape index (κ1) is 51.3. The van der Waals surface area contributed by atoms with Crippen molar-refractivity contribution in [1.82, 2.24) is 0 Å². The standard InChI is InChI=1S/C44H81O8P/c1-4-7-9-11-13-15-17-19-21-23-25-26-28-30-32-34-36-38-43(45)49-40-42(41-51-53(47,48)50-6-3)52-44(46)39-37-35-33-31-29-27-24-22-20-18-16-14-12-10-8-5-2/h16,18-19,21-22,24,42H,4-15,17,20,23,25-41H2,1-3H3,(H,47,48)/b18-16-,21-19-,24-22-. The van der Waals surface area contributed by atoms with Gasteiger partial charge >= 0.3 is 19.8 Å². The summed E-state index contributed by atoms with van der Waals surface area (Å²) in [6.07, 6.45) is 44.8. The zero-order valence-electron chi connectivity index (χ0n) is 34.4. The van der Waals surface area contributed by atoms with Gasteiger partial charge in [0.15, 0.2) is 6.10 Å². The van der Waals surface area contributed by atoms with Crippen molar-refractivity contribution in [3.63, 3.8) is 0 Å². The number of esters is 2. The van der Waals surface area contributed by atoms with Crippen LogP contribution in [-0.2, 0) is 32.7 Å². The minimum Gasteiger partial charge on any atom is -0.462 e. The summed E-state index contributed by atoms with van der Waals surface area (Å²) in [6.45, 7) is 5.44. The molecule has 8 nitrogen and oxygen atoms in total. The lowest BCUT2D eigenvalue weighted by atomic mass is 10.1. The summed E-state index contributed by atoms with van der Waals surface area (Å²) in [6, 6.07) is 0. The fraction of sp³-hybridized carbons (Fsp3) is 0.818. The van der Waals surface area contributed by atoms with Gasteiger partial charge in [-0.3, -0.25) is 18.6 Å². The fourth-order valence-electron chi connectivity index (χ4n) is 5.95. The van der Waals surface area contributed by atoms with E-state index in [4.69, 9.17) is 18.5 Å². The molecule has 9 heteroatoms. The lowest BCUT2D eigenvalue weighted by Crippen LogP contribution is -2.29. The third kappa shape index (κ3) is 39.8. The molecule has 0 aromatic rings. The number of phosphoric acid groups is 1. The molecule has 1 N–H and O–H groups in total. The number of phosphoric ester groups is 1. The van der Waals surface area contributed by atoms with Gasteiger partial charge in [-0.2, -0.15) is 0 Å². The number of allylic oxidation sites excluding steroid dienone is 6. The fourth-order valence-corrected chi connectivity index (χ4v) is 6.70. The number of ether oxygens (including phenoxy) is 2. The second kappa shape index (κ2) is 39.9. The van der Waals surface area contributed by atoms with Crippen molar-refractivity contribution in [2.75, 3.05) is 19.8 Å². The SMILES string of the molecule is CCCCCC/C=C\C/C=C\CCCCCCCC(=O)OC(COC(=O)CCCCCCCCC/C=C\CCCCCCCC)COP(=O)(O)OCC. The maximum absolute atomic E-state index is 12.5. The number of rotatable bonds is 40. The highest BCUT2D eigenvalue weighted by Gasteiger charge is 2.25. The van der Waals surface area contributed by atoms with Gasteiger partial charge < -0.3 is 14.4 Å². The van der Waals surface area contributed by atoms with Crippen LogP contribution in [0, 0.1) is 0 Å². The van der Waals surface area contributed by atoms with E-state index in [1.165, 1.54) is 109 Å². The van der Waals surface area contributed by atoms with Crippen LogP contribution in [0.15, 0.2) is 36.5 Å². The van der Waals surface area contributed by atoms with E-state index in [0.717, 1.165) is 57.8 Å². The Labute approximate surface area is 325 Å². The molecule has 0 bridgehead atoms. The Balaban J connectivity index is 4.10. The Morgan fingerprint density at radius 3 is 1.38 bits per heavy atom. The molecule has 310 valence electrons. The van der Waals surface area contributed by atoms with E-state index in [9.17, 15) is 19.0 Å². The van der Waals surface area contributed by atoms with E-state index in [1.54, 1.807) is 6.92 Å². The van der Waals surface area contributed by atoms with Crippen LogP contribution < -0.4 is 0 Å². The first-order valence-corrected chi connectivity index (χ1v) is 23.3. The third-order valence-corrected chi connectivity index (χ3v) is 10.2. The molecule has 0 saturated carbocycles. The Kier molecular flexibility index (Phi) is 38.6. The van der Waals surface area contributed by atoms with E-state index in [-0.39, 0.29) is 32.0 Å². The first-order chi connectivity index (χ1) is 25.8. The molecule has 0 saturated heterocycles. The van der Waals surface area contributed by atoms with Crippen LogP contribution >= 0.6 is 7.82 Å². The van der Waals surface area contributed by atoms with Gasteiger partial charge in [-0.15, -0.1) is 0 Å². The van der Waals surface area contributed by atoms with Crippen LogP contribution in [0.3, 0.4) is 0 Å². The number of carbonyl (C=O) groups excluding carboxylic acids is 2. The largest absolute Gasteiger partial charge is 0.472 e. The third-order valence-electron chi connectivity index (χ3n) is 9.17.